The number of hydrogen-bond donors (Lipinski definition) is 2. The highest BCUT2D eigenvalue weighted by Gasteiger charge is 2.07. The first kappa shape index (κ1) is 13.4. The Balaban J connectivity index is 2.03. The summed E-state index contributed by atoms with van der Waals surface area (Å²) in [6, 6.07) is 10.8. The molecule has 1 amide bonds. The molecule has 0 atom stereocenters. The first-order valence-electron chi connectivity index (χ1n) is 5.64. The second-order valence-corrected chi connectivity index (χ2v) is 4.52. The number of halogens is 2. The molecule has 0 saturated carbocycles. The zero-order valence-electron chi connectivity index (χ0n) is 9.99. The molecular formula is C14H12ClFN2O. The molecule has 2 aromatic carbocycles. The molecule has 0 unspecified atom stereocenters. The number of nitrogens with one attached hydrogen (secondary N) is 1. The Hall–Kier alpha value is -2.07. The van der Waals surface area contributed by atoms with E-state index in [0.717, 1.165) is 11.6 Å². The maximum Gasteiger partial charge on any atom is 0.228 e. The second-order valence-electron chi connectivity index (χ2n) is 4.08. The predicted octanol–water partition coefficient (Wildman–Crippen LogP) is 3.24. The summed E-state index contributed by atoms with van der Waals surface area (Å²) in [6.45, 7) is 0. The van der Waals surface area contributed by atoms with Crippen molar-refractivity contribution in [2.75, 3.05) is 11.1 Å². The van der Waals surface area contributed by atoms with E-state index in [-0.39, 0.29) is 18.0 Å². The minimum Gasteiger partial charge on any atom is -0.397 e. The fraction of sp³-hybridized carbons (Fsp3) is 0.0714. The number of hydrogen-bond acceptors (Lipinski definition) is 2. The third-order valence-corrected chi connectivity index (χ3v) is 2.82. The van der Waals surface area contributed by atoms with Crippen molar-refractivity contribution in [2.45, 2.75) is 6.42 Å². The molecule has 0 bridgehead atoms. The van der Waals surface area contributed by atoms with Crippen molar-refractivity contribution < 1.29 is 9.18 Å². The minimum atomic E-state index is -0.437. The molecule has 19 heavy (non-hydrogen) atoms. The summed E-state index contributed by atoms with van der Waals surface area (Å²) in [6.07, 6.45) is 0.202. The second kappa shape index (κ2) is 5.71. The van der Waals surface area contributed by atoms with Gasteiger partial charge in [0.25, 0.3) is 0 Å². The molecule has 0 fully saturated rings. The monoisotopic (exact) mass is 278 g/mol. The SMILES string of the molecule is Nc1cc(F)ccc1NC(=O)Cc1ccc(Cl)cc1. The summed E-state index contributed by atoms with van der Waals surface area (Å²) in [5.41, 5.74) is 7.05. The van der Waals surface area contributed by atoms with Crippen molar-refractivity contribution in [1.29, 1.82) is 0 Å². The molecule has 0 heterocycles. The molecular weight excluding hydrogens is 267 g/mol. The molecule has 3 nitrogen and oxygen atoms in total. The van der Waals surface area contributed by atoms with Crippen LogP contribution in [0.3, 0.4) is 0 Å². The maximum atomic E-state index is 12.9. The van der Waals surface area contributed by atoms with Crippen LogP contribution in [0.1, 0.15) is 5.56 Å². The summed E-state index contributed by atoms with van der Waals surface area (Å²) in [7, 11) is 0. The fourth-order valence-corrected chi connectivity index (χ4v) is 1.76. The van der Waals surface area contributed by atoms with Gasteiger partial charge in [-0.3, -0.25) is 4.79 Å². The summed E-state index contributed by atoms with van der Waals surface area (Å²) < 4.78 is 12.9. The number of anilines is 2. The smallest absolute Gasteiger partial charge is 0.228 e. The Labute approximate surface area is 115 Å². The molecule has 2 aromatic rings. The standard InChI is InChI=1S/C14H12ClFN2O/c15-10-3-1-9(2-4-10)7-14(19)18-13-6-5-11(16)8-12(13)17/h1-6,8H,7,17H2,(H,18,19). The largest absolute Gasteiger partial charge is 0.397 e. The highest BCUT2D eigenvalue weighted by molar-refractivity contribution is 6.30. The number of nitrogens with two attached hydrogens (primary N) is 1. The van der Waals surface area contributed by atoms with Gasteiger partial charge in [-0.05, 0) is 35.9 Å². The van der Waals surface area contributed by atoms with Gasteiger partial charge in [-0.1, -0.05) is 23.7 Å². The lowest BCUT2D eigenvalue weighted by Crippen LogP contribution is -2.15. The van der Waals surface area contributed by atoms with Crippen LogP contribution in [-0.4, -0.2) is 5.91 Å². The number of carbonyl (C=O) groups is 1. The van der Waals surface area contributed by atoms with Gasteiger partial charge in [0.2, 0.25) is 5.91 Å². The molecule has 0 aliphatic carbocycles. The first-order chi connectivity index (χ1) is 9.04. The third-order valence-electron chi connectivity index (χ3n) is 2.57. The van der Waals surface area contributed by atoms with Gasteiger partial charge in [0.05, 0.1) is 17.8 Å². The fourth-order valence-electron chi connectivity index (χ4n) is 1.63. The van der Waals surface area contributed by atoms with Gasteiger partial charge in [0.15, 0.2) is 0 Å². The molecule has 2 rings (SSSR count). The molecule has 0 aliphatic rings. The highest BCUT2D eigenvalue weighted by Crippen LogP contribution is 2.19. The molecule has 0 aliphatic heterocycles. The lowest BCUT2D eigenvalue weighted by molar-refractivity contribution is -0.115. The van der Waals surface area contributed by atoms with E-state index in [0.29, 0.717) is 10.7 Å². The summed E-state index contributed by atoms with van der Waals surface area (Å²) in [4.78, 5) is 11.8. The van der Waals surface area contributed by atoms with Gasteiger partial charge in [0, 0.05) is 5.02 Å². The Bertz CT molecular complexity index is 599. The van der Waals surface area contributed by atoms with E-state index >= 15 is 0 Å². The lowest BCUT2D eigenvalue weighted by atomic mass is 10.1. The molecule has 98 valence electrons. The quantitative estimate of drug-likeness (QED) is 0.847. The Morgan fingerprint density at radius 3 is 2.53 bits per heavy atom. The number of nitrogen functional groups attached to an aromatic ring is 1. The molecule has 0 spiro atoms. The van der Waals surface area contributed by atoms with Crippen LogP contribution in [0.5, 0.6) is 0 Å². The van der Waals surface area contributed by atoms with Crippen LogP contribution in [0.4, 0.5) is 15.8 Å². The topological polar surface area (TPSA) is 55.1 Å². The number of amides is 1. The van der Waals surface area contributed by atoms with Crippen LogP contribution < -0.4 is 11.1 Å². The number of benzene rings is 2. The van der Waals surface area contributed by atoms with Crippen LogP contribution in [0.15, 0.2) is 42.5 Å². The first-order valence-corrected chi connectivity index (χ1v) is 6.02. The number of carbonyl (C=O) groups excluding carboxylic acids is 1. The van der Waals surface area contributed by atoms with Gasteiger partial charge in [0.1, 0.15) is 5.82 Å². The third kappa shape index (κ3) is 3.69. The Morgan fingerprint density at radius 1 is 1.21 bits per heavy atom. The van der Waals surface area contributed by atoms with E-state index in [1.807, 2.05) is 0 Å². The normalized spacial score (nSPS) is 10.2. The van der Waals surface area contributed by atoms with Crippen molar-refractivity contribution in [1.82, 2.24) is 0 Å². The average Bonchev–Trinajstić information content (AvgIpc) is 2.36. The molecule has 0 radical (unpaired) electrons. The molecule has 5 heteroatoms. The lowest BCUT2D eigenvalue weighted by Gasteiger charge is -2.08. The van der Waals surface area contributed by atoms with E-state index < -0.39 is 5.82 Å². The highest BCUT2D eigenvalue weighted by atomic mass is 35.5. The Morgan fingerprint density at radius 2 is 1.89 bits per heavy atom. The summed E-state index contributed by atoms with van der Waals surface area (Å²) >= 11 is 5.76. The van der Waals surface area contributed by atoms with E-state index in [1.165, 1.54) is 12.1 Å². The predicted molar refractivity (Wildman–Crippen MR) is 74.6 cm³/mol. The zero-order valence-corrected chi connectivity index (χ0v) is 10.7. The van der Waals surface area contributed by atoms with Gasteiger partial charge >= 0.3 is 0 Å². The van der Waals surface area contributed by atoms with Crippen LogP contribution in [-0.2, 0) is 11.2 Å². The van der Waals surface area contributed by atoms with E-state index in [4.69, 9.17) is 17.3 Å². The Kier molecular flexibility index (Phi) is 4.02. The van der Waals surface area contributed by atoms with E-state index in [2.05, 4.69) is 5.32 Å². The summed E-state index contributed by atoms with van der Waals surface area (Å²) in [5, 5.41) is 3.25. The van der Waals surface area contributed by atoms with Crippen LogP contribution in [0.2, 0.25) is 5.02 Å². The zero-order chi connectivity index (χ0) is 13.8. The van der Waals surface area contributed by atoms with E-state index in [1.54, 1.807) is 24.3 Å². The van der Waals surface area contributed by atoms with Crippen molar-refractivity contribution in [3.05, 3.63) is 58.9 Å². The minimum absolute atomic E-state index is 0.199. The van der Waals surface area contributed by atoms with Crippen molar-refractivity contribution in [2.24, 2.45) is 0 Å². The number of rotatable bonds is 3. The van der Waals surface area contributed by atoms with Crippen molar-refractivity contribution >= 4 is 28.9 Å². The average molecular weight is 279 g/mol. The van der Waals surface area contributed by atoms with Gasteiger partial charge < -0.3 is 11.1 Å². The molecule has 3 N–H and O–H groups in total. The maximum absolute atomic E-state index is 12.9. The van der Waals surface area contributed by atoms with Crippen LogP contribution >= 0.6 is 11.6 Å². The molecule has 0 aromatic heterocycles. The molecule has 0 saturated heterocycles. The summed E-state index contributed by atoms with van der Waals surface area (Å²) in [5.74, 6) is -0.658. The van der Waals surface area contributed by atoms with Crippen molar-refractivity contribution in [3.63, 3.8) is 0 Å². The van der Waals surface area contributed by atoms with Crippen LogP contribution in [0.25, 0.3) is 0 Å². The van der Waals surface area contributed by atoms with Gasteiger partial charge in [-0.2, -0.15) is 0 Å². The van der Waals surface area contributed by atoms with Gasteiger partial charge in [-0.25, -0.2) is 4.39 Å². The van der Waals surface area contributed by atoms with Crippen molar-refractivity contribution in [3.8, 4) is 0 Å². The van der Waals surface area contributed by atoms with Crippen LogP contribution in [0, 0.1) is 5.82 Å². The van der Waals surface area contributed by atoms with E-state index in [9.17, 15) is 9.18 Å². The van der Waals surface area contributed by atoms with Gasteiger partial charge in [-0.15, -0.1) is 0 Å².